The third kappa shape index (κ3) is 4.64. The molecule has 0 spiro atoms. The fourth-order valence-corrected chi connectivity index (χ4v) is 4.25. The number of nitrogens with one attached hydrogen (secondary N) is 2. The zero-order chi connectivity index (χ0) is 17.8. The van der Waals surface area contributed by atoms with Crippen molar-refractivity contribution in [1.29, 1.82) is 0 Å². The maximum atomic E-state index is 12.3. The Morgan fingerprint density at radius 1 is 1.31 bits per heavy atom. The number of fused-ring (bicyclic) bond motifs is 1. The summed E-state index contributed by atoms with van der Waals surface area (Å²) in [4.78, 5) is 14.8. The van der Waals surface area contributed by atoms with Crippen molar-refractivity contribution in [2.24, 2.45) is 0 Å². The van der Waals surface area contributed by atoms with E-state index in [2.05, 4.69) is 31.4 Å². The van der Waals surface area contributed by atoms with Gasteiger partial charge in [-0.2, -0.15) is 5.10 Å². The molecule has 7 nitrogen and oxygen atoms in total. The number of carbonyl (C=O) groups is 1. The van der Waals surface area contributed by atoms with Crippen LogP contribution in [0, 0.1) is 0 Å². The standard InChI is InChI=1S/C19H31N5O2/c25-19(4-3-16-12-17-13-20-7-10-24(17)22-16)21-15-5-8-23(9-6-15)14-18-2-1-11-26-18/h12,15,18,20H,1-11,13-14H2,(H,21,25). The van der Waals surface area contributed by atoms with Gasteiger partial charge in [0.05, 0.1) is 24.0 Å². The van der Waals surface area contributed by atoms with Crippen molar-refractivity contribution in [1.82, 2.24) is 25.3 Å². The summed E-state index contributed by atoms with van der Waals surface area (Å²) in [5.74, 6) is 0.159. The van der Waals surface area contributed by atoms with Gasteiger partial charge in [0.1, 0.15) is 0 Å². The minimum Gasteiger partial charge on any atom is -0.377 e. The first kappa shape index (κ1) is 17.9. The fourth-order valence-electron chi connectivity index (χ4n) is 4.25. The molecule has 0 aliphatic carbocycles. The number of hydrogen-bond donors (Lipinski definition) is 2. The molecule has 4 heterocycles. The topological polar surface area (TPSA) is 71.4 Å². The molecular weight excluding hydrogens is 330 g/mol. The number of piperidine rings is 1. The lowest BCUT2D eigenvalue weighted by Crippen LogP contribution is -2.46. The Morgan fingerprint density at radius 3 is 2.96 bits per heavy atom. The summed E-state index contributed by atoms with van der Waals surface area (Å²) in [5, 5.41) is 11.2. The summed E-state index contributed by atoms with van der Waals surface area (Å²) >= 11 is 0. The summed E-state index contributed by atoms with van der Waals surface area (Å²) in [6.45, 7) is 6.88. The molecule has 26 heavy (non-hydrogen) atoms. The van der Waals surface area contributed by atoms with Crippen molar-refractivity contribution in [3.05, 3.63) is 17.5 Å². The number of rotatable bonds is 6. The van der Waals surface area contributed by atoms with Crippen molar-refractivity contribution in [2.75, 3.05) is 32.8 Å². The molecule has 4 rings (SSSR count). The molecule has 7 heteroatoms. The molecular formula is C19H31N5O2. The van der Waals surface area contributed by atoms with Gasteiger partial charge < -0.3 is 20.3 Å². The van der Waals surface area contributed by atoms with Crippen molar-refractivity contribution in [3.8, 4) is 0 Å². The van der Waals surface area contributed by atoms with Crippen LogP contribution in [0.15, 0.2) is 6.07 Å². The first-order valence-electron chi connectivity index (χ1n) is 10.2. The lowest BCUT2D eigenvalue weighted by molar-refractivity contribution is -0.122. The molecule has 3 aliphatic heterocycles. The third-order valence-electron chi connectivity index (χ3n) is 5.77. The molecule has 1 amide bonds. The SMILES string of the molecule is O=C(CCc1cc2n(n1)CCNC2)NC1CCN(CC2CCCO2)CC1. The summed E-state index contributed by atoms with van der Waals surface area (Å²) in [6.07, 6.45) is 6.17. The monoisotopic (exact) mass is 361 g/mol. The minimum absolute atomic E-state index is 0.159. The van der Waals surface area contributed by atoms with Crippen LogP contribution in [0.4, 0.5) is 0 Å². The highest BCUT2D eigenvalue weighted by atomic mass is 16.5. The normalized spacial score (nSPS) is 24.5. The second kappa shape index (κ2) is 8.50. The average Bonchev–Trinajstić information content (AvgIpc) is 3.30. The highest BCUT2D eigenvalue weighted by Gasteiger charge is 2.24. The Balaban J connectivity index is 1.15. The van der Waals surface area contributed by atoms with E-state index in [9.17, 15) is 4.79 Å². The van der Waals surface area contributed by atoms with Crippen molar-refractivity contribution < 1.29 is 9.53 Å². The predicted octanol–water partition coefficient (Wildman–Crippen LogP) is 0.679. The van der Waals surface area contributed by atoms with Crippen LogP contribution >= 0.6 is 0 Å². The van der Waals surface area contributed by atoms with Gasteiger partial charge in [-0.15, -0.1) is 0 Å². The Morgan fingerprint density at radius 2 is 2.19 bits per heavy atom. The first-order valence-corrected chi connectivity index (χ1v) is 10.2. The van der Waals surface area contributed by atoms with E-state index in [1.165, 1.54) is 18.5 Å². The number of aryl methyl sites for hydroxylation is 1. The molecule has 0 aromatic carbocycles. The van der Waals surface area contributed by atoms with E-state index in [-0.39, 0.29) is 5.91 Å². The van der Waals surface area contributed by atoms with Crippen LogP contribution in [0.1, 0.15) is 43.5 Å². The van der Waals surface area contributed by atoms with E-state index < -0.39 is 0 Å². The number of hydrogen-bond acceptors (Lipinski definition) is 5. The third-order valence-corrected chi connectivity index (χ3v) is 5.77. The highest BCUT2D eigenvalue weighted by Crippen LogP contribution is 2.17. The molecule has 0 radical (unpaired) electrons. The molecule has 0 saturated carbocycles. The van der Waals surface area contributed by atoms with Crippen LogP contribution < -0.4 is 10.6 Å². The van der Waals surface area contributed by atoms with Crippen LogP contribution in [-0.4, -0.2) is 65.5 Å². The largest absolute Gasteiger partial charge is 0.377 e. The number of carbonyl (C=O) groups excluding carboxylic acids is 1. The summed E-state index contributed by atoms with van der Waals surface area (Å²) in [7, 11) is 0. The van der Waals surface area contributed by atoms with Gasteiger partial charge in [0, 0.05) is 58.2 Å². The van der Waals surface area contributed by atoms with Crippen molar-refractivity contribution in [3.63, 3.8) is 0 Å². The van der Waals surface area contributed by atoms with Gasteiger partial charge in [-0.3, -0.25) is 9.48 Å². The molecule has 2 N–H and O–H groups in total. The zero-order valence-corrected chi connectivity index (χ0v) is 15.6. The number of amides is 1. The Hall–Kier alpha value is -1.44. The van der Waals surface area contributed by atoms with E-state index in [0.717, 1.165) is 70.8 Å². The minimum atomic E-state index is 0.159. The smallest absolute Gasteiger partial charge is 0.220 e. The van der Waals surface area contributed by atoms with Gasteiger partial charge in [0.25, 0.3) is 0 Å². The van der Waals surface area contributed by atoms with E-state index in [1.54, 1.807) is 0 Å². The second-order valence-corrected chi connectivity index (χ2v) is 7.80. The maximum absolute atomic E-state index is 12.3. The molecule has 144 valence electrons. The maximum Gasteiger partial charge on any atom is 0.220 e. The Bertz CT molecular complexity index is 580. The number of aromatic nitrogens is 2. The lowest BCUT2D eigenvalue weighted by Gasteiger charge is -2.33. The van der Waals surface area contributed by atoms with Crippen LogP contribution in [0.5, 0.6) is 0 Å². The van der Waals surface area contributed by atoms with Crippen molar-refractivity contribution >= 4 is 5.91 Å². The van der Waals surface area contributed by atoms with E-state index in [1.807, 2.05) is 0 Å². The first-order chi connectivity index (χ1) is 12.8. The van der Waals surface area contributed by atoms with Crippen LogP contribution in [0.25, 0.3) is 0 Å². The summed E-state index contributed by atoms with van der Waals surface area (Å²) < 4.78 is 7.79. The predicted molar refractivity (Wildman–Crippen MR) is 98.8 cm³/mol. The van der Waals surface area contributed by atoms with E-state index >= 15 is 0 Å². The molecule has 3 aliphatic rings. The van der Waals surface area contributed by atoms with Crippen molar-refractivity contribution in [2.45, 2.75) is 63.8 Å². The van der Waals surface area contributed by atoms with Gasteiger partial charge >= 0.3 is 0 Å². The number of nitrogens with zero attached hydrogens (tertiary/aromatic N) is 3. The van der Waals surface area contributed by atoms with Crippen LogP contribution in [-0.2, 0) is 29.0 Å². The summed E-state index contributed by atoms with van der Waals surface area (Å²) in [5.41, 5.74) is 2.26. The number of ether oxygens (including phenoxy) is 1. The van der Waals surface area contributed by atoms with Gasteiger partial charge in [0.2, 0.25) is 5.91 Å². The Labute approximate surface area is 155 Å². The fraction of sp³-hybridized carbons (Fsp3) is 0.789. The van der Waals surface area contributed by atoms with Gasteiger partial charge in [-0.05, 0) is 31.7 Å². The lowest BCUT2D eigenvalue weighted by atomic mass is 10.0. The van der Waals surface area contributed by atoms with Gasteiger partial charge in [-0.25, -0.2) is 0 Å². The Kier molecular flexibility index (Phi) is 5.87. The molecule has 2 fully saturated rings. The van der Waals surface area contributed by atoms with Gasteiger partial charge in [0.15, 0.2) is 0 Å². The van der Waals surface area contributed by atoms with E-state index in [4.69, 9.17) is 4.74 Å². The van der Waals surface area contributed by atoms with Crippen LogP contribution in [0.2, 0.25) is 0 Å². The van der Waals surface area contributed by atoms with Gasteiger partial charge in [-0.1, -0.05) is 0 Å². The molecule has 2 saturated heterocycles. The molecule has 1 aromatic heterocycles. The number of likely N-dealkylation sites (tertiary alicyclic amines) is 1. The zero-order valence-electron chi connectivity index (χ0n) is 15.6. The average molecular weight is 361 g/mol. The molecule has 0 bridgehead atoms. The molecule has 1 unspecified atom stereocenters. The quantitative estimate of drug-likeness (QED) is 0.780. The molecule has 1 aromatic rings. The van der Waals surface area contributed by atoms with E-state index in [0.29, 0.717) is 18.6 Å². The van der Waals surface area contributed by atoms with Crippen LogP contribution in [0.3, 0.4) is 0 Å². The summed E-state index contributed by atoms with van der Waals surface area (Å²) in [6, 6.07) is 2.45. The molecule has 1 atom stereocenters. The second-order valence-electron chi connectivity index (χ2n) is 7.80. The highest BCUT2D eigenvalue weighted by molar-refractivity contribution is 5.76.